The third-order valence-electron chi connectivity index (χ3n) is 1.75. The van der Waals surface area contributed by atoms with Crippen LogP contribution in [0.5, 0.6) is 0 Å². The molecular formula is C6H12N4O2S2. The second-order valence-corrected chi connectivity index (χ2v) is 6.20. The smallest absolute Gasteiger partial charge is 0.272 e. The molecule has 6 nitrogen and oxygen atoms in total. The van der Waals surface area contributed by atoms with Gasteiger partial charge in [0.25, 0.3) is 10.0 Å². The highest BCUT2D eigenvalue weighted by atomic mass is 32.2. The molecule has 2 N–H and O–H groups in total. The lowest BCUT2D eigenvalue weighted by atomic mass is 10.4. The highest BCUT2D eigenvalue weighted by Gasteiger charge is 2.26. The van der Waals surface area contributed by atoms with Crippen LogP contribution in [0.25, 0.3) is 0 Å². The predicted octanol–water partition coefficient (Wildman–Crippen LogP) is 0.149. The summed E-state index contributed by atoms with van der Waals surface area (Å²) in [6.07, 6.45) is 0. The summed E-state index contributed by atoms with van der Waals surface area (Å²) in [5.41, 5.74) is 5.31. The number of hydrogen-bond donors (Lipinski definition) is 1. The summed E-state index contributed by atoms with van der Waals surface area (Å²) in [6.45, 7) is 3.56. The van der Waals surface area contributed by atoms with E-state index in [4.69, 9.17) is 5.73 Å². The van der Waals surface area contributed by atoms with Gasteiger partial charge in [0.15, 0.2) is 0 Å². The number of hydrogen-bond acceptors (Lipinski definition) is 6. The maximum Gasteiger partial charge on any atom is 0.272 e. The Kier molecular flexibility index (Phi) is 3.07. The molecule has 0 atom stereocenters. The van der Waals surface area contributed by atoms with Crippen molar-refractivity contribution in [2.45, 2.75) is 24.2 Å². The van der Waals surface area contributed by atoms with Gasteiger partial charge < -0.3 is 5.73 Å². The first-order valence-electron chi connectivity index (χ1n) is 3.92. The number of sulfonamides is 1. The first-order valence-corrected chi connectivity index (χ1v) is 6.18. The second kappa shape index (κ2) is 3.79. The topological polar surface area (TPSA) is 89.2 Å². The van der Waals surface area contributed by atoms with Crippen LogP contribution in [-0.2, 0) is 10.0 Å². The Labute approximate surface area is 86.8 Å². The van der Waals surface area contributed by atoms with Crippen LogP contribution in [0.15, 0.2) is 4.34 Å². The number of nitrogens with two attached hydrogens (primary N) is 1. The van der Waals surface area contributed by atoms with Crippen LogP contribution in [0.3, 0.4) is 0 Å². The van der Waals surface area contributed by atoms with E-state index in [0.29, 0.717) is 0 Å². The van der Waals surface area contributed by atoms with E-state index < -0.39 is 10.0 Å². The highest BCUT2D eigenvalue weighted by molar-refractivity contribution is 7.91. The van der Waals surface area contributed by atoms with E-state index in [0.717, 1.165) is 11.3 Å². The molecular weight excluding hydrogens is 224 g/mol. The molecule has 0 saturated heterocycles. The van der Waals surface area contributed by atoms with Crippen molar-refractivity contribution in [1.82, 2.24) is 14.5 Å². The molecule has 1 rings (SSSR count). The lowest BCUT2D eigenvalue weighted by molar-refractivity contribution is 0.410. The Hall–Kier alpha value is -0.730. The second-order valence-electron chi connectivity index (χ2n) is 3.02. The first kappa shape index (κ1) is 11.3. The third-order valence-corrected chi connectivity index (χ3v) is 4.88. The lowest BCUT2D eigenvalue weighted by Crippen LogP contribution is -2.32. The number of nitrogens with zero attached hydrogens (tertiary/aromatic N) is 3. The Morgan fingerprint density at radius 3 is 2.36 bits per heavy atom. The Balaban J connectivity index is 3.09. The maximum absolute atomic E-state index is 11.8. The van der Waals surface area contributed by atoms with E-state index in [9.17, 15) is 8.42 Å². The largest absolute Gasteiger partial charge is 0.374 e. The van der Waals surface area contributed by atoms with E-state index in [1.165, 1.54) is 11.4 Å². The molecule has 0 aliphatic carbocycles. The molecule has 80 valence electrons. The third kappa shape index (κ3) is 2.02. The minimum atomic E-state index is -3.52. The van der Waals surface area contributed by atoms with Crippen molar-refractivity contribution in [3.05, 3.63) is 0 Å². The first-order chi connectivity index (χ1) is 6.35. The fourth-order valence-corrected chi connectivity index (χ4v) is 3.04. The molecule has 8 heteroatoms. The van der Waals surface area contributed by atoms with E-state index >= 15 is 0 Å². The van der Waals surface area contributed by atoms with Crippen LogP contribution in [0.4, 0.5) is 5.13 Å². The van der Waals surface area contributed by atoms with Crippen LogP contribution < -0.4 is 5.73 Å². The van der Waals surface area contributed by atoms with Gasteiger partial charge in [-0.3, -0.25) is 0 Å². The van der Waals surface area contributed by atoms with Gasteiger partial charge >= 0.3 is 0 Å². The minimum absolute atomic E-state index is 0.0637. The molecule has 0 aliphatic heterocycles. The standard InChI is InChI=1S/C6H12N4O2S2/c1-4(2)10(3)14(11,12)6-9-8-5(7)13-6/h4H,1-3H3,(H2,7,8). The van der Waals surface area contributed by atoms with Crippen molar-refractivity contribution in [3.8, 4) is 0 Å². The normalized spacial score (nSPS) is 12.6. The van der Waals surface area contributed by atoms with Gasteiger partial charge in [-0.2, -0.15) is 4.31 Å². The van der Waals surface area contributed by atoms with E-state index in [1.54, 1.807) is 13.8 Å². The van der Waals surface area contributed by atoms with E-state index in [2.05, 4.69) is 10.2 Å². The van der Waals surface area contributed by atoms with Gasteiger partial charge in [0.05, 0.1) is 0 Å². The van der Waals surface area contributed by atoms with Gasteiger partial charge in [0.1, 0.15) is 0 Å². The van der Waals surface area contributed by atoms with Gasteiger partial charge in [-0.25, -0.2) is 8.42 Å². The average molecular weight is 236 g/mol. The van der Waals surface area contributed by atoms with Crippen LogP contribution in [0.1, 0.15) is 13.8 Å². The van der Waals surface area contributed by atoms with Crippen molar-refractivity contribution in [2.75, 3.05) is 12.8 Å². The average Bonchev–Trinajstić information content (AvgIpc) is 2.50. The zero-order valence-corrected chi connectivity index (χ0v) is 9.76. The van der Waals surface area contributed by atoms with Crippen LogP contribution >= 0.6 is 11.3 Å². The fraction of sp³-hybridized carbons (Fsp3) is 0.667. The molecule has 0 aromatic carbocycles. The monoisotopic (exact) mass is 236 g/mol. The quantitative estimate of drug-likeness (QED) is 0.807. The fourth-order valence-electron chi connectivity index (χ4n) is 0.725. The number of anilines is 1. The molecule has 0 fully saturated rings. The molecule has 14 heavy (non-hydrogen) atoms. The summed E-state index contributed by atoms with van der Waals surface area (Å²) >= 11 is 0.866. The van der Waals surface area contributed by atoms with Gasteiger partial charge in [0.2, 0.25) is 9.47 Å². The lowest BCUT2D eigenvalue weighted by Gasteiger charge is -2.18. The Morgan fingerprint density at radius 2 is 2.00 bits per heavy atom. The van der Waals surface area contributed by atoms with Gasteiger partial charge in [-0.05, 0) is 13.8 Å². The zero-order chi connectivity index (χ0) is 10.9. The summed E-state index contributed by atoms with van der Waals surface area (Å²) in [6, 6.07) is -0.120. The summed E-state index contributed by atoms with van der Waals surface area (Å²) in [5, 5.41) is 7.12. The van der Waals surface area contributed by atoms with Gasteiger partial charge in [0, 0.05) is 13.1 Å². The van der Waals surface area contributed by atoms with Crippen molar-refractivity contribution in [1.29, 1.82) is 0 Å². The van der Waals surface area contributed by atoms with Crippen molar-refractivity contribution >= 4 is 26.5 Å². The van der Waals surface area contributed by atoms with Crippen LogP contribution in [-0.4, -0.2) is 36.0 Å². The predicted molar refractivity (Wildman–Crippen MR) is 54.4 cm³/mol. The number of nitrogen functional groups attached to an aromatic ring is 1. The molecule has 1 aromatic heterocycles. The molecule has 1 aromatic rings. The van der Waals surface area contributed by atoms with Crippen molar-refractivity contribution in [2.24, 2.45) is 0 Å². The summed E-state index contributed by atoms with van der Waals surface area (Å²) in [7, 11) is -2.02. The molecule has 0 radical (unpaired) electrons. The van der Waals surface area contributed by atoms with Crippen LogP contribution in [0, 0.1) is 0 Å². The van der Waals surface area contributed by atoms with Crippen LogP contribution in [0.2, 0.25) is 0 Å². The molecule has 0 aliphatic rings. The Bertz CT molecular complexity index is 411. The molecule has 0 saturated carbocycles. The van der Waals surface area contributed by atoms with Gasteiger partial charge in [-0.15, -0.1) is 10.2 Å². The van der Waals surface area contributed by atoms with E-state index in [1.807, 2.05) is 0 Å². The van der Waals surface area contributed by atoms with Gasteiger partial charge in [-0.1, -0.05) is 11.3 Å². The van der Waals surface area contributed by atoms with Crippen molar-refractivity contribution < 1.29 is 8.42 Å². The summed E-state index contributed by atoms with van der Waals surface area (Å²) in [4.78, 5) is 0. The van der Waals surface area contributed by atoms with Crippen molar-refractivity contribution in [3.63, 3.8) is 0 Å². The minimum Gasteiger partial charge on any atom is -0.374 e. The molecule has 0 bridgehead atoms. The SMILES string of the molecule is CC(C)N(C)S(=O)(=O)c1nnc(N)s1. The summed E-state index contributed by atoms with van der Waals surface area (Å²) < 4.78 is 24.7. The zero-order valence-electron chi connectivity index (χ0n) is 8.13. The highest BCUT2D eigenvalue weighted by Crippen LogP contribution is 2.21. The van der Waals surface area contributed by atoms with E-state index in [-0.39, 0.29) is 15.5 Å². The molecule has 0 amide bonds. The number of aromatic nitrogens is 2. The molecule has 0 spiro atoms. The molecule has 1 heterocycles. The maximum atomic E-state index is 11.8. The number of rotatable bonds is 3. The Morgan fingerprint density at radius 1 is 1.43 bits per heavy atom. The molecule has 0 unspecified atom stereocenters. The summed E-state index contributed by atoms with van der Waals surface area (Å²) in [5.74, 6) is 0.